The van der Waals surface area contributed by atoms with Crippen LogP contribution in [0.1, 0.15) is 20.3 Å². The maximum Gasteiger partial charge on any atom is 0.317 e. The summed E-state index contributed by atoms with van der Waals surface area (Å²) in [6, 6.07) is -0.0139. The fourth-order valence-electron chi connectivity index (χ4n) is 2.40. The van der Waals surface area contributed by atoms with Crippen LogP contribution in [0.5, 0.6) is 0 Å². The minimum atomic E-state index is -0.772. The van der Waals surface area contributed by atoms with Gasteiger partial charge in [0.2, 0.25) is 0 Å². The van der Waals surface area contributed by atoms with Crippen molar-refractivity contribution in [3.63, 3.8) is 0 Å². The average Bonchev–Trinajstić information content (AvgIpc) is 2.50. The number of carbonyl (C=O) groups excluding carboxylic acids is 1. The van der Waals surface area contributed by atoms with Gasteiger partial charge in [0.05, 0.1) is 6.42 Å². The lowest BCUT2D eigenvalue weighted by Crippen LogP contribution is -2.52. The van der Waals surface area contributed by atoms with Crippen LogP contribution in [0.2, 0.25) is 0 Å². The third kappa shape index (κ3) is 6.77. The molecule has 1 fully saturated rings. The number of urea groups is 1. The highest BCUT2D eigenvalue weighted by Crippen LogP contribution is 2.02. The summed E-state index contributed by atoms with van der Waals surface area (Å²) in [4.78, 5) is 28.7. The second-order valence-corrected chi connectivity index (χ2v) is 5.23. The van der Waals surface area contributed by atoms with Crippen LogP contribution in [0.25, 0.3) is 0 Å². The Labute approximate surface area is 126 Å². The maximum absolute atomic E-state index is 12.0. The zero-order valence-corrected chi connectivity index (χ0v) is 13.2. The molecule has 0 aromatic rings. The number of likely N-dealkylation sites (N-methyl/N-ethyl adjacent to an activating group) is 1. The van der Waals surface area contributed by atoms with Crippen molar-refractivity contribution in [1.29, 1.82) is 0 Å². The number of hydrogen-bond donors (Lipinski definition) is 2. The number of carboxylic acids is 1. The standard InChI is InChI=1S/C14H28N4O3/c1-3-16(4-2)8-6-15-14(21)18-11-9-17(10-12-18)7-5-13(19)20/h3-12H2,1-2H3,(H,15,21)(H,19,20). The topological polar surface area (TPSA) is 76.1 Å². The predicted octanol–water partition coefficient (Wildman–Crippen LogP) is 0.130. The van der Waals surface area contributed by atoms with E-state index in [-0.39, 0.29) is 12.5 Å². The van der Waals surface area contributed by atoms with Crippen LogP contribution in [0.15, 0.2) is 0 Å². The molecule has 122 valence electrons. The minimum absolute atomic E-state index is 0.0139. The van der Waals surface area contributed by atoms with Crippen molar-refractivity contribution in [2.45, 2.75) is 20.3 Å². The summed E-state index contributed by atoms with van der Waals surface area (Å²) in [7, 11) is 0. The Bertz CT molecular complexity index is 326. The lowest BCUT2D eigenvalue weighted by molar-refractivity contribution is -0.137. The predicted molar refractivity (Wildman–Crippen MR) is 81.5 cm³/mol. The van der Waals surface area contributed by atoms with Crippen LogP contribution in [0.3, 0.4) is 0 Å². The molecule has 0 bridgehead atoms. The van der Waals surface area contributed by atoms with E-state index in [4.69, 9.17) is 5.11 Å². The van der Waals surface area contributed by atoms with Gasteiger partial charge in [-0.25, -0.2) is 4.79 Å². The Kier molecular flexibility index (Phi) is 8.07. The van der Waals surface area contributed by atoms with E-state index in [9.17, 15) is 9.59 Å². The van der Waals surface area contributed by atoms with Crippen molar-refractivity contribution in [3.8, 4) is 0 Å². The summed E-state index contributed by atoms with van der Waals surface area (Å²) in [5.41, 5.74) is 0. The molecule has 2 amide bonds. The third-order valence-electron chi connectivity index (χ3n) is 3.90. The number of rotatable bonds is 8. The Hall–Kier alpha value is -1.34. The van der Waals surface area contributed by atoms with Crippen LogP contribution >= 0.6 is 0 Å². The van der Waals surface area contributed by atoms with Gasteiger partial charge < -0.3 is 20.2 Å². The molecule has 1 heterocycles. The molecule has 0 unspecified atom stereocenters. The molecule has 0 aromatic heterocycles. The van der Waals surface area contributed by atoms with E-state index < -0.39 is 5.97 Å². The highest BCUT2D eigenvalue weighted by Gasteiger charge is 2.20. The van der Waals surface area contributed by atoms with Crippen molar-refractivity contribution in [2.75, 3.05) is 58.9 Å². The fraction of sp³-hybridized carbons (Fsp3) is 0.857. The molecule has 0 aliphatic carbocycles. The molecule has 1 saturated heterocycles. The van der Waals surface area contributed by atoms with Gasteiger partial charge in [0.1, 0.15) is 0 Å². The number of piperazine rings is 1. The first kappa shape index (κ1) is 17.7. The number of nitrogens with zero attached hydrogens (tertiary/aromatic N) is 3. The van der Waals surface area contributed by atoms with Crippen molar-refractivity contribution >= 4 is 12.0 Å². The lowest BCUT2D eigenvalue weighted by Gasteiger charge is -2.34. The van der Waals surface area contributed by atoms with Crippen molar-refractivity contribution in [2.24, 2.45) is 0 Å². The normalized spacial score (nSPS) is 16.2. The molecule has 0 radical (unpaired) electrons. The van der Waals surface area contributed by atoms with Crippen molar-refractivity contribution in [3.05, 3.63) is 0 Å². The van der Waals surface area contributed by atoms with E-state index >= 15 is 0 Å². The fourth-order valence-corrected chi connectivity index (χ4v) is 2.40. The second kappa shape index (κ2) is 9.57. The molecule has 0 spiro atoms. The average molecular weight is 300 g/mol. The highest BCUT2D eigenvalue weighted by atomic mass is 16.4. The number of amides is 2. The van der Waals surface area contributed by atoms with Gasteiger partial charge in [-0.3, -0.25) is 9.69 Å². The summed E-state index contributed by atoms with van der Waals surface area (Å²) in [6.45, 7) is 11.1. The molecule has 1 aliphatic rings. The minimum Gasteiger partial charge on any atom is -0.481 e. The SMILES string of the molecule is CCN(CC)CCNC(=O)N1CCN(CCC(=O)O)CC1. The number of carboxylic acid groups (broad SMARTS) is 1. The molecule has 21 heavy (non-hydrogen) atoms. The molecule has 7 heteroatoms. The summed E-state index contributed by atoms with van der Waals surface area (Å²) >= 11 is 0. The van der Waals surface area contributed by atoms with E-state index in [0.717, 1.165) is 32.7 Å². The quantitative estimate of drug-likeness (QED) is 0.666. The molecular formula is C14H28N4O3. The number of aliphatic carboxylic acids is 1. The van der Waals surface area contributed by atoms with Gasteiger partial charge in [0, 0.05) is 45.8 Å². The zero-order valence-electron chi connectivity index (χ0n) is 13.2. The molecule has 7 nitrogen and oxygen atoms in total. The Morgan fingerprint density at radius 2 is 1.76 bits per heavy atom. The van der Waals surface area contributed by atoms with Gasteiger partial charge in [-0.1, -0.05) is 13.8 Å². The maximum atomic E-state index is 12.0. The Morgan fingerprint density at radius 1 is 1.14 bits per heavy atom. The van der Waals surface area contributed by atoms with Crippen molar-refractivity contribution < 1.29 is 14.7 Å². The largest absolute Gasteiger partial charge is 0.481 e. The van der Waals surface area contributed by atoms with Crippen LogP contribution in [-0.2, 0) is 4.79 Å². The zero-order chi connectivity index (χ0) is 15.7. The first-order valence-corrected chi connectivity index (χ1v) is 7.76. The van der Waals surface area contributed by atoms with E-state index in [0.29, 0.717) is 26.2 Å². The van der Waals surface area contributed by atoms with Gasteiger partial charge in [0.15, 0.2) is 0 Å². The summed E-state index contributed by atoms with van der Waals surface area (Å²) < 4.78 is 0. The van der Waals surface area contributed by atoms with E-state index in [1.165, 1.54) is 0 Å². The van der Waals surface area contributed by atoms with E-state index in [1.807, 2.05) is 0 Å². The summed E-state index contributed by atoms with van der Waals surface area (Å²) in [5.74, 6) is -0.772. The molecular weight excluding hydrogens is 272 g/mol. The molecule has 0 atom stereocenters. The third-order valence-corrected chi connectivity index (χ3v) is 3.90. The van der Waals surface area contributed by atoms with E-state index in [2.05, 4.69) is 29.0 Å². The molecule has 0 saturated carbocycles. The van der Waals surface area contributed by atoms with Crippen LogP contribution in [0.4, 0.5) is 4.79 Å². The van der Waals surface area contributed by atoms with Gasteiger partial charge in [-0.15, -0.1) is 0 Å². The van der Waals surface area contributed by atoms with E-state index in [1.54, 1.807) is 4.90 Å². The molecule has 1 aliphatic heterocycles. The van der Waals surface area contributed by atoms with Gasteiger partial charge in [-0.05, 0) is 13.1 Å². The molecule has 1 rings (SSSR count). The number of nitrogens with one attached hydrogen (secondary N) is 1. The first-order chi connectivity index (χ1) is 10.1. The molecule has 0 aromatic carbocycles. The van der Waals surface area contributed by atoms with Crippen LogP contribution < -0.4 is 5.32 Å². The van der Waals surface area contributed by atoms with Gasteiger partial charge in [-0.2, -0.15) is 0 Å². The van der Waals surface area contributed by atoms with Crippen molar-refractivity contribution in [1.82, 2.24) is 20.0 Å². The lowest BCUT2D eigenvalue weighted by atomic mass is 10.3. The van der Waals surface area contributed by atoms with Gasteiger partial charge in [0.25, 0.3) is 0 Å². The molecule has 2 N–H and O–H groups in total. The second-order valence-electron chi connectivity index (χ2n) is 5.23. The highest BCUT2D eigenvalue weighted by molar-refractivity contribution is 5.74. The van der Waals surface area contributed by atoms with Gasteiger partial charge >= 0.3 is 12.0 Å². The Balaban J connectivity index is 2.18. The Morgan fingerprint density at radius 3 is 2.29 bits per heavy atom. The monoisotopic (exact) mass is 300 g/mol. The summed E-state index contributed by atoms with van der Waals surface area (Å²) in [6.07, 6.45) is 0.163. The number of hydrogen-bond acceptors (Lipinski definition) is 4. The van der Waals surface area contributed by atoms with Crippen LogP contribution in [-0.4, -0.2) is 90.7 Å². The van der Waals surface area contributed by atoms with Crippen LogP contribution in [0, 0.1) is 0 Å². The summed E-state index contributed by atoms with van der Waals surface area (Å²) in [5, 5.41) is 11.6. The number of carbonyl (C=O) groups is 2. The smallest absolute Gasteiger partial charge is 0.317 e. The first-order valence-electron chi connectivity index (χ1n) is 7.76.